The summed E-state index contributed by atoms with van der Waals surface area (Å²) in [6, 6.07) is 7.55. The third kappa shape index (κ3) is 2.02. The Morgan fingerprint density at radius 3 is 2.77 bits per heavy atom. The fourth-order valence-electron chi connectivity index (χ4n) is 1.47. The van der Waals surface area contributed by atoms with E-state index >= 15 is 0 Å². The van der Waals surface area contributed by atoms with Crippen molar-refractivity contribution in [2.24, 2.45) is 0 Å². The van der Waals surface area contributed by atoms with Crippen LogP contribution in [-0.4, -0.2) is 23.9 Å². The molecule has 0 aromatic heterocycles. The summed E-state index contributed by atoms with van der Waals surface area (Å²) in [5, 5.41) is 10.5. The van der Waals surface area contributed by atoms with Crippen molar-refractivity contribution in [3.05, 3.63) is 34.9 Å². The maximum atomic E-state index is 9.79. The lowest BCUT2D eigenvalue weighted by molar-refractivity contribution is -0.176. The number of hydrogen-bond acceptors (Lipinski definition) is 2. The van der Waals surface area contributed by atoms with Crippen LogP contribution in [0.4, 0.5) is 0 Å². The molecule has 0 radical (unpaired) electrons. The van der Waals surface area contributed by atoms with Gasteiger partial charge in [0.25, 0.3) is 0 Å². The lowest BCUT2D eigenvalue weighted by Crippen LogP contribution is -2.51. The molecular weight excluding hydrogens is 188 g/mol. The topological polar surface area (TPSA) is 29.5 Å². The Bertz CT molecular complexity index is 308. The van der Waals surface area contributed by atoms with E-state index in [1.165, 1.54) is 0 Å². The molecule has 0 aliphatic carbocycles. The van der Waals surface area contributed by atoms with Crippen LogP contribution in [0.3, 0.4) is 0 Å². The Balaban J connectivity index is 2.09. The summed E-state index contributed by atoms with van der Waals surface area (Å²) in [6.45, 7) is 0.860. The molecule has 1 aromatic carbocycles. The highest BCUT2D eigenvalue weighted by Crippen LogP contribution is 2.23. The van der Waals surface area contributed by atoms with E-state index in [4.69, 9.17) is 16.3 Å². The third-order valence-electron chi connectivity index (χ3n) is 2.16. The fraction of sp³-hybridized carbons (Fsp3) is 0.400. The smallest absolute Gasteiger partial charge is 0.115 e. The maximum absolute atomic E-state index is 9.79. The molecule has 0 amide bonds. The summed E-state index contributed by atoms with van der Waals surface area (Å²) in [5.41, 5.74) is 0.392. The highest BCUT2D eigenvalue weighted by atomic mass is 35.5. The molecule has 70 valence electrons. The Morgan fingerprint density at radius 1 is 1.46 bits per heavy atom. The Morgan fingerprint density at radius 2 is 2.23 bits per heavy atom. The zero-order valence-electron chi connectivity index (χ0n) is 7.16. The van der Waals surface area contributed by atoms with Gasteiger partial charge in [0.15, 0.2) is 0 Å². The van der Waals surface area contributed by atoms with Crippen molar-refractivity contribution in [2.45, 2.75) is 12.0 Å². The monoisotopic (exact) mass is 198 g/mol. The second kappa shape index (κ2) is 3.29. The largest absolute Gasteiger partial charge is 0.385 e. The molecule has 1 fully saturated rings. The van der Waals surface area contributed by atoms with Crippen molar-refractivity contribution in [2.75, 3.05) is 13.2 Å². The first-order chi connectivity index (χ1) is 6.18. The fourth-order valence-corrected chi connectivity index (χ4v) is 1.68. The average molecular weight is 199 g/mol. The van der Waals surface area contributed by atoms with Gasteiger partial charge < -0.3 is 9.84 Å². The van der Waals surface area contributed by atoms with E-state index in [2.05, 4.69) is 0 Å². The molecule has 1 aliphatic rings. The van der Waals surface area contributed by atoms with E-state index in [-0.39, 0.29) is 0 Å². The summed E-state index contributed by atoms with van der Waals surface area (Å²) in [6.07, 6.45) is 0.619. The standard InChI is InChI=1S/C10H11ClO2/c11-9-3-1-2-8(4-9)5-10(12)6-13-7-10/h1-4,12H,5-7H2. The van der Waals surface area contributed by atoms with Gasteiger partial charge in [0.1, 0.15) is 5.60 Å². The van der Waals surface area contributed by atoms with Crippen molar-refractivity contribution >= 4 is 11.6 Å². The second-order valence-electron chi connectivity index (χ2n) is 3.52. The molecule has 0 spiro atoms. The van der Waals surface area contributed by atoms with Crippen molar-refractivity contribution in [1.82, 2.24) is 0 Å². The second-order valence-corrected chi connectivity index (χ2v) is 3.96. The zero-order chi connectivity index (χ0) is 9.31. The van der Waals surface area contributed by atoms with Gasteiger partial charge in [0.05, 0.1) is 13.2 Å². The summed E-state index contributed by atoms with van der Waals surface area (Å²) in [7, 11) is 0. The Kier molecular flexibility index (Phi) is 2.28. The molecule has 3 heteroatoms. The van der Waals surface area contributed by atoms with Gasteiger partial charge in [-0.3, -0.25) is 0 Å². The predicted octanol–water partition coefficient (Wildman–Crippen LogP) is 1.64. The summed E-state index contributed by atoms with van der Waals surface area (Å²) in [5.74, 6) is 0. The predicted molar refractivity (Wildman–Crippen MR) is 50.9 cm³/mol. The molecule has 2 nitrogen and oxygen atoms in total. The first-order valence-corrected chi connectivity index (χ1v) is 4.60. The average Bonchev–Trinajstić information content (AvgIpc) is 2.01. The van der Waals surface area contributed by atoms with Crippen molar-refractivity contribution in [3.63, 3.8) is 0 Å². The summed E-state index contributed by atoms with van der Waals surface area (Å²) < 4.78 is 4.96. The maximum Gasteiger partial charge on any atom is 0.115 e. The van der Waals surface area contributed by atoms with Crippen LogP contribution in [0, 0.1) is 0 Å². The minimum Gasteiger partial charge on any atom is -0.385 e. The molecule has 1 heterocycles. The molecule has 0 saturated carbocycles. The zero-order valence-corrected chi connectivity index (χ0v) is 7.92. The molecule has 2 rings (SSSR count). The van der Waals surface area contributed by atoms with Crippen molar-refractivity contribution in [1.29, 1.82) is 0 Å². The van der Waals surface area contributed by atoms with Crippen LogP contribution < -0.4 is 0 Å². The molecule has 0 unspecified atom stereocenters. The minimum atomic E-state index is -0.662. The van der Waals surface area contributed by atoms with E-state index in [0.29, 0.717) is 24.7 Å². The van der Waals surface area contributed by atoms with Crippen LogP contribution in [0.1, 0.15) is 5.56 Å². The molecule has 1 aromatic rings. The highest BCUT2D eigenvalue weighted by Gasteiger charge is 2.35. The molecule has 0 atom stereocenters. The number of aliphatic hydroxyl groups is 1. The molecule has 1 aliphatic heterocycles. The van der Waals surface area contributed by atoms with E-state index in [9.17, 15) is 5.11 Å². The van der Waals surface area contributed by atoms with Crippen LogP contribution in [0.15, 0.2) is 24.3 Å². The molecule has 13 heavy (non-hydrogen) atoms. The van der Waals surface area contributed by atoms with Gasteiger partial charge in [-0.15, -0.1) is 0 Å². The van der Waals surface area contributed by atoms with Gasteiger partial charge in [-0.1, -0.05) is 23.7 Å². The van der Waals surface area contributed by atoms with Gasteiger partial charge in [0, 0.05) is 11.4 Å². The summed E-state index contributed by atoms with van der Waals surface area (Å²) in [4.78, 5) is 0. The SMILES string of the molecule is OC1(Cc2cccc(Cl)c2)COC1. The van der Waals surface area contributed by atoms with Crippen molar-refractivity contribution < 1.29 is 9.84 Å². The first kappa shape index (κ1) is 9.00. The first-order valence-electron chi connectivity index (χ1n) is 4.23. The van der Waals surface area contributed by atoms with E-state index in [0.717, 1.165) is 5.56 Å². The van der Waals surface area contributed by atoms with Gasteiger partial charge in [-0.05, 0) is 17.7 Å². The van der Waals surface area contributed by atoms with E-state index in [1.807, 2.05) is 24.3 Å². The summed E-state index contributed by atoms with van der Waals surface area (Å²) >= 11 is 5.82. The van der Waals surface area contributed by atoms with Gasteiger partial charge >= 0.3 is 0 Å². The number of hydrogen-bond donors (Lipinski definition) is 1. The number of benzene rings is 1. The van der Waals surface area contributed by atoms with Crippen molar-refractivity contribution in [3.8, 4) is 0 Å². The Labute approximate surface area is 82.1 Å². The number of halogens is 1. The number of ether oxygens (including phenoxy) is 1. The lowest BCUT2D eigenvalue weighted by atomic mass is 9.93. The molecular formula is C10H11ClO2. The van der Waals surface area contributed by atoms with Crippen LogP contribution in [0.5, 0.6) is 0 Å². The van der Waals surface area contributed by atoms with Crippen LogP contribution in [-0.2, 0) is 11.2 Å². The van der Waals surface area contributed by atoms with Crippen LogP contribution in [0.2, 0.25) is 5.02 Å². The molecule has 1 saturated heterocycles. The van der Waals surface area contributed by atoms with E-state index < -0.39 is 5.60 Å². The Hall–Kier alpha value is -0.570. The highest BCUT2D eigenvalue weighted by molar-refractivity contribution is 6.30. The molecule has 1 N–H and O–H groups in total. The lowest BCUT2D eigenvalue weighted by Gasteiger charge is -2.36. The van der Waals surface area contributed by atoms with Gasteiger partial charge in [-0.25, -0.2) is 0 Å². The quantitative estimate of drug-likeness (QED) is 0.783. The minimum absolute atomic E-state index is 0.430. The normalized spacial score (nSPS) is 19.5. The molecule has 0 bridgehead atoms. The van der Waals surface area contributed by atoms with Crippen LogP contribution in [0.25, 0.3) is 0 Å². The van der Waals surface area contributed by atoms with Gasteiger partial charge in [-0.2, -0.15) is 0 Å². The van der Waals surface area contributed by atoms with Gasteiger partial charge in [0.2, 0.25) is 0 Å². The van der Waals surface area contributed by atoms with E-state index in [1.54, 1.807) is 0 Å². The third-order valence-corrected chi connectivity index (χ3v) is 2.40. The number of rotatable bonds is 2. The van der Waals surface area contributed by atoms with Crippen LogP contribution >= 0.6 is 11.6 Å².